The quantitative estimate of drug-likeness (QED) is 0.636. The lowest BCUT2D eigenvalue weighted by Crippen LogP contribution is -2.47. The largest absolute Gasteiger partial charge is 0.367 e. The first-order valence-electron chi connectivity index (χ1n) is 5.45. The molecule has 8 nitrogen and oxygen atoms in total. The lowest BCUT2D eigenvalue weighted by molar-refractivity contribution is 0.0994. The average Bonchev–Trinajstić information content (AvgIpc) is 2.24. The molecule has 0 aliphatic rings. The van der Waals surface area contributed by atoms with Crippen molar-refractivity contribution in [2.24, 2.45) is 5.73 Å². The number of nitrogens with zero attached hydrogens (tertiary/aromatic N) is 2. The number of hydrogen-bond acceptors (Lipinski definition) is 6. The molecule has 9 heteroatoms. The van der Waals surface area contributed by atoms with E-state index in [1.54, 1.807) is 19.9 Å². The Labute approximate surface area is 111 Å². The van der Waals surface area contributed by atoms with Crippen molar-refractivity contribution >= 4 is 21.7 Å². The minimum atomic E-state index is -3.29. The normalized spacial score (nSPS) is 12.2. The molecule has 0 saturated heterocycles. The first kappa shape index (κ1) is 15.3. The summed E-state index contributed by atoms with van der Waals surface area (Å²) in [6.45, 7) is 3.77. The van der Waals surface area contributed by atoms with Gasteiger partial charge in [0.2, 0.25) is 10.0 Å². The Morgan fingerprint density at radius 1 is 1.37 bits per heavy atom. The van der Waals surface area contributed by atoms with Gasteiger partial charge in [-0.05, 0) is 26.0 Å². The third kappa shape index (κ3) is 5.62. The van der Waals surface area contributed by atoms with Gasteiger partial charge < -0.3 is 11.1 Å². The minimum absolute atomic E-state index is 0.0686. The van der Waals surface area contributed by atoms with Gasteiger partial charge in [0.25, 0.3) is 5.91 Å². The fourth-order valence-electron chi connectivity index (χ4n) is 1.41. The SMILES string of the molecule is CC(C)(CNc1ccc(C(N)=O)nn1)NS(C)(=O)=O. The van der Waals surface area contributed by atoms with Crippen molar-refractivity contribution in [1.29, 1.82) is 0 Å². The standard InChI is InChI=1S/C10H17N5O3S/c1-10(2,15-19(3,17)18)6-12-8-5-4-7(9(11)16)13-14-8/h4-5,15H,6H2,1-3H3,(H2,11,16)(H,12,14). The Morgan fingerprint density at radius 2 is 2.00 bits per heavy atom. The Kier molecular flexibility index (Phi) is 4.43. The highest BCUT2D eigenvalue weighted by Gasteiger charge is 2.21. The molecule has 0 spiro atoms. The zero-order chi connectivity index (χ0) is 14.7. The number of aromatic nitrogens is 2. The van der Waals surface area contributed by atoms with Gasteiger partial charge in [-0.3, -0.25) is 4.79 Å². The van der Waals surface area contributed by atoms with E-state index in [0.717, 1.165) is 6.26 Å². The van der Waals surface area contributed by atoms with Gasteiger partial charge in [-0.1, -0.05) is 0 Å². The van der Waals surface area contributed by atoms with Crippen LogP contribution >= 0.6 is 0 Å². The fraction of sp³-hybridized carbons (Fsp3) is 0.500. The summed E-state index contributed by atoms with van der Waals surface area (Å²) in [7, 11) is -3.29. The molecule has 106 valence electrons. The summed E-state index contributed by atoms with van der Waals surface area (Å²) in [5, 5.41) is 10.3. The van der Waals surface area contributed by atoms with Crippen LogP contribution in [-0.4, -0.2) is 42.9 Å². The number of primary amides is 1. The summed E-state index contributed by atoms with van der Waals surface area (Å²) >= 11 is 0. The Hall–Kier alpha value is -1.74. The van der Waals surface area contributed by atoms with Crippen LogP contribution in [0.5, 0.6) is 0 Å². The molecule has 0 aliphatic heterocycles. The molecule has 0 unspecified atom stereocenters. The number of hydrogen-bond donors (Lipinski definition) is 3. The van der Waals surface area contributed by atoms with Crippen molar-refractivity contribution in [3.8, 4) is 0 Å². The summed E-state index contributed by atoms with van der Waals surface area (Å²) in [6.07, 6.45) is 1.09. The Balaban J connectivity index is 2.64. The molecule has 4 N–H and O–H groups in total. The molecule has 0 fully saturated rings. The van der Waals surface area contributed by atoms with Crippen molar-refractivity contribution in [3.63, 3.8) is 0 Å². The summed E-state index contributed by atoms with van der Waals surface area (Å²) < 4.78 is 24.8. The fourth-order valence-corrected chi connectivity index (χ4v) is 2.48. The van der Waals surface area contributed by atoms with Gasteiger partial charge in [-0.15, -0.1) is 10.2 Å². The van der Waals surface area contributed by atoms with Crippen LogP contribution < -0.4 is 15.8 Å². The van der Waals surface area contributed by atoms with Gasteiger partial charge in [-0.25, -0.2) is 13.1 Å². The summed E-state index contributed by atoms with van der Waals surface area (Å²) in [5.74, 6) is -0.230. The van der Waals surface area contributed by atoms with E-state index in [9.17, 15) is 13.2 Å². The van der Waals surface area contributed by atoms with Crippen LogP contribution in [-0.2, 0) is 10.0 Å². The van der Waals surface area contributed by atoms with Crippen molar-refractivity contribution in [2.45, 2.75) is 19.4 Å². The highest BCUT2D eigenvalue weighted by molar-refractivity contribution is 7.88. The summed E-state index contributed by atoms with van der Waals surface area (Å²) in [5.41, 5.74) is 4.42. The van der Waals surface area contributed by atoms with Crippen LogP contribution in [0.15, 0.2) is 12.1 Å². The molecule has 19 heavy (non-hydrogen) atoms. The second-order valence-electron chi connectivity index (χ2n) is 4.78. The molecular formula is C10H17N5O3S. The van der Waals surface area contributed by atoms with E-state index in [2.05, 4.69) is 20.2 Å². The van der Waals surface area contributed by atoms with Gasteiger partial charge in [0.15, 0.2) is 5.69 Å². The lowest BCUT2D eigenvalue weighted by atomic mass is 10.1. The monoisotopic (exact) mass is 287 g/mol. The van der Waals surface area contributed by atoms with E-state index in [4.69, 9.17) is 5.73 Å². The van der Waals surface area contributed by atoms with Gasteiger partial charge in [0.1, 0.15) is 5.82 Å². The Bertz CT molecular complexity index is 553. The van der Waals surface area contributed by atoms with Crippen LogP contribution in [0.25, 0.3) is 0 Å². The topological polar surface area (TPSA) is 127 Å². The smallest absolute Gasteiger partial charge is 0.269 e. The number of nitrogens with two attached hydrogens (primary N) is 1. The molecule has 0 aliphatic carbocycles. The molecule has 1 aromatic rings. The number of carbonyl (C=O) groups excluding carboxylic acids is 1. The predicted octanol–water partition coefficient (Wildman–Crippen LogP) is -0.685. The molecule has 0 saturated carbocycles. The second kappa shape index (κ2) is 5.49. The van der Waals surface area contributed by atoms with E-state index >= 15 is 0 Å². The number of sulfonamides is 1. The molecule has 0 bridgehead atoms. The van der Waals surface area contributed by atoms with Gasteiger partial charge in [0.05, 0.1) is 6.26 Å². The summed E-state index contributed by atoms with van der Waals surface area (Å²) in [6, 6.07) is 2.98. The van der Waals surface area contributed by atoms with Crippen LogP contribution in [0.3, 0.4) is 0 Å². The van der Waals surface area contributed by atoms with Gasteiger partial charge >= 0.3 is 0 Å². The average molecular weight is 287 g/mol. The third-order valence-corrected chi connectivity index (χ3v) is 3.01. The van der Waals surface area contributed by atoms with E-state index in [1.165, 1.54) is 6.07 Å². The number of amides is 1. The number of carbonyl (C=O) groups is 1. The lowest BCUT2D eigenvalue weighted by Gasteiger charge is -2.25. The first-order chi connectivity index (χ1) is 8.59. The van der Waals surface area contributed by atoms with Crippen LogP contribution in [0.4, 0.5) is 5.82 Å². The van der Waals surface area contributed by atoms with E-state index in [1.807, 2.05) is 0 Å². The molecule has 0 radical (unpaired) electrons. The van der Waals surface area contributed by atoms with Crippen LogP contribution in [0.2, 0.25) is 0 Å². The Morgan fingerprint density at radius 3 is 2.42 bits per heavy atom. The van der Waals surface area contributed by atoms with Crippen molar-refractivity contribution in [1.82, 2.24) is 14.9 Å². The first-order valence-corrected chi connectivity index (χ1v) is 7.34. The van der Waals surface area contributed by atoms with Gasteiger partial charge in [0, 0.05) is 12.1 Å². The van der Waals surface area contributed by atoms with Crippen molar-refractivity contribution in [2.75, 3.05) is 18.1 Å². The minimum Gasteiger partial charge on any atom is -0.367 e. The molecular weight excluding hydrogens is 270 g/mol. The van der Waals surface area contributed by atoms with E-state index in [-0.39, 0.29) is 5.69 Å². The van der Waals surface area contributed by atoms with Gasteiger partial charge in [-0.2, -0.15) is 0 Å². The predicted molar refractivity (Wildman–Crippen MR) is 71.1 cm³/mol. The molecule has 1 amide bonds. The zero-order valence-corrected chi connectivity index (χ0v) is 11.8. The van der Waals surface area contributed by atoms with Crippen LogP contribution in [0, 0.1) is 0 Å². The number of anilines is 1. The number of rotatable bonds is 6. The second-order valence-corrected chi connectivity index (χ2v) is 6.53. The maximum Gasteiger partial charge on any atom is 0.269 e. The van der Waals surface area contributed by atoms with E-state index < -0.39 is 21.5 Å². The highest BCUT2D eigenvalue weighted by Crippen LogP contribution is 2.07. The maximum atomic E-state index is 11.2. The molecule has 1 aromatic heterocycles. The third-order valence-electron chi connectivity index (χ3n) is 2.09. The molecule has 1 heterocycles. The van der Waals surface area contributed by atoms with Crippen molar-refractivity contribution in [3.05, 3.63) is 17.8 Å². The highest BCUT2D eigenvalue weighted by atomic mass is 32.2. The maximum absolute atomic E-state index is 11.2. The van der Waals surface area contributed by atoms with E-state index in [0.29, 0.717) is 12.4 Å². The molecule has 0 aromatic carbocycles. The van der Waals surface area contributed by atoms with Crippen molar-refractivity contribution < 1.29 is 13.2 Å². The summed E-state index contributed by atoms with van der Waals surface area (Å²) in [4.78, 5) is 10.8. The molecule has 0 atom stereocenters. The van der Waals surface area contributed by atoms with Crippen LogP contribution in [0.1, 0.15) is 24.3 Å². The number of nitrogens with one attached hydrogen (secondary N) is 2. The molecule has 1 rings (SSSR count). The zero-order valence-electron chi connectivity index (χ0n) is 11.0.